The molecular formula is C14H16ClN3O4S. The van der Waals surface area contributed by atoms with Crippen molar-refractivity contribution in [3.05, 3.63) is 47.7 Å². The van der Waals surface area contributed by atoms with Crippen LogP contribution in [0.1, 0.15) is 6.92 Å². The quantitative estimate of drug-likeness (QED) is 0.757. The fraction of sp³-hybridized carbons (Fsp3) is 0.286. The third-order valence-corrected chi connectivity index (χ3v) is 4.74. The van der Waals surface area contributed by atoms with Gasteiger partial charge in [0.25, 0.3) is 0 Å². The predicted octanol–water partition coefficient (Wildman–Crippen LogP) is 1.45. The van der Waals surface area contributed by atoms with Crippen LogP contribution >= 0.6 is 11.6 Å². The monoisotopic (exact) mass is 357 g/mol. The second-order valence-electron chi connectivity index (χ2n) is 4.73. The fourth-order valence-corrected chi connectivity index (χ4v) is 3.08. The second kappa shape index (κ2) is 7.58. The molecule has 0 saturated carbocycles. The molecule has 0 aliphatic rings. The van der Waals surface area contributed by atoms with Gasteiger partial charge in [-0.2, -0.15) is 9.82 Å². The number of benzene rings is 1. The highest BCUT2D eigenvalue weighted by molar-refractivity contribution is 7.89. The standard InChI is InChI=1S/C14H16ClN3O4S/c1-11(14(19)22-10-9-18-8-2-7-16-18)17-23(20,21)13-5-3-12(15)4-6-13/h2-8,11,17H,9-10H2,1H3/t11-/m0/s1. The first kappa shape index (κ1) is 17.5. The molecule has 9 heteroatoms. The second-order valence-corrected chi connectivity index (χ2v) is 6.88. The Balaban J connectivity index is 1.88. The van der Waals surface area contributed by atoms with Gasteiger partial charge in [0.15, 0.2) is 0 Å². The molecule has 0 spiro atoms. The topological polar surface area (TPSA) is 90.3 Å². The summed E-state index contributed by atoms with van der Waals surface area (Å²) in [6.07, 6.45) is 3.35. The van der Waals surface area contributed by atoms with Gasteiger partial charge >= 0.3 is 5.97 Å². The molecule has 0 unspecified atom stereocenters. The van der Waals surface area contributed by atoms with Crippen LogP contribution in [0.4, 0.5) is 0 Å². The van der Waals surface area contributed by atoms with Crippen LogP contribution in [0.2, 0.25) is 5.02 Å². The molecule has 2 aromatic rings. The van der Waals surface area contributed by atoms with Crippen LogP contribution in [0.15, 0.2) is 47.6 Å². The predicted molar refractivity (Wildman–Crippen MR) is 84.4 cm³/mol. The third-order valence-electron chi connectivity index (χ3n) is 2.93. The van der Waals surface area contributed by atoms with Gasteiger partial charge in [-0.1, -0.05) is 11.6 Å². The lowest BCUT2D eigenvalue weighted by atomic mass is 10.4. The molecule has 0 aliphatic carbocycles. The van der Waals surface area contributed by atoms with Gasteiger partial charge in [-0.15, -0.1) is 0 Å². The highest BCUT2D eigenvalue weighted by Crippen LogP contribution is 2.14. The zero-order chi connectivity index (χ0) is 16.9. The lowest BCUT2D eigenvalue weighted by Gasteiger charge is -2.14. The Hall–Kier alpha value is -1.90. The number of ether oxygens (including phenoxy) is 1. The molecule has 0 saturated heterocycles. The Bertz CT molecular complexity index is 745. The molecule has 0 aliphatic heterocycles. The lowest BCUT2D eigenvalue weighted by molar-refractivity contribution is -0.145. The fourth-order valence-electron chi connectivity index (χ4n) is 1.76. The molecule has 0 radical (unpaired) electrons. The summed E-state index contributed by atoms with van der Waals surface area (Å²) in [5.74, 6) is -0.658. The Labute approximate surface area is 139 Å². The van der Waals surface area contributed by atoms with Crippen LogP contribution < -0.4 is 4.72 Å². The molecule has 2 rings (SSSR count). The van der Waals surface area contributed by atoms with Crippen molar-refractivity contribution in [1.82, 2.24) is 14.5 Å². The summed E-state index contributed by atoms with van der Waals surface area (Å²) in [6, 6.07) is 6.39. The number of nitrogens with zero attached hydrogens (tertiary/aromatic N) is 2. The minimum absolute atomic E-state index is 0.0260. The molecule has 7 nitrogen and oxygen atoms in total. The number of halogens is 1. The van der Waals surface area contributed by atoms with Gasteiger partial charge in [0.1, 0.15) is 12.6 Å². The van der Waals surface area contributed by atoms with Crippen molar-refractivity contribution in [3.63, 3.8) is 0 Å². The zero-order valence-corrected chi connectivity index (χ0v) is 13.9. The van der Waals surface area contributed by atoms with E-state index in [4.69, 9.17) is 16.3 Å². The maximum Gasteiger partial charge on any atom is 0.323 e. The van der Waals surface area contributed by atoms with Crippen LogP contribution in [-0.2, 0) is 26.1 Å². The Morgan fingerprint density at radius 3 is 2.70 bits per heavy atom. The summed E-state index contributed by atoms with van der Waals surface area (Å²) < 4.78 is 33.2. The van der Waals surface area contributed by atoms with E-state index < -0.39 is 22.0 Å². The molecule has 0 amide bonds. The van der Waals surface area contributed by atoms with Crippen LogP contribution in [0.25, 0.3) is 0 Å². The number of sulfonamides is 1. The Morgan fingerprint density at radius 1 is 1.39 bits per heavy atom. The molecule has 1 aromatic carbocycles. The molecule has 1 aromatic heterocycles. The SMILES string of the molecule is C[C@H](NS(=O)(=O)c1ccc(Cl)cc1)C(=O)OCCn1cccn1. The summed E-state index contributed by atoms with van der Waals surface area (Å²) >= 11 is 5.72. The van der Waals surface area contributed by atoms with E-state index in [2.05, 4.69) is 9.82 Å². The van der Waals surface area contributed by atoms with Crippen molar-refractivity contribution < 1.29 is 17.9 Å². The number of nitrogens with one attached hydrogen (secondary N) is 1. The number of hydrogen-bond donors (Lipinski definition) is 1. The van der Waals surface area contributed by atoms with E-state index >= 15 is 0 Å². The molecule has 23 heavy (non-hydrogen) atoms. The maximum atomic E-state index is 12.1. The molecular weight excluding hydrogens is 342 g/mol. The van der Waals surface area contributed by atoms with Crippen LogP contribution in [0, 0.1) is 0 Å². The van der Waals surface area contributed by atoms with Gasteiger partial charge in [0.05, 0.1) is 11.4 Å². The average Bonchev–Trinajstić information content (AvgIpc) is 3.00. The largest absolute Gasteiger partial charge is 0.463 e. The third kappa shape index (κ3) is 5.05. The minimum atomic E-state index is -3.82. The van der Waals surface area contributed by atoms with Gasteiger partial charge in [-0.05, 0) is 37.3 Å². The van der Waals surface area contributed by atoms with E-state index in [1.54, 1.807) is 23.1 Å². The van der Waals surface area contributed by atoms with Crippen molar-refractivity contribution >= 4 is 27.6 Å². The van der Waals surface area contributed by atoms with E-state index in [1.165, 1.54) is 31.2 Å². The summed E-state index contributed by atoms with van der Waals surface area (Å²) in [5, 5.41) is 4.39. The van der Waals surface area contributed by atoms with Crippen LogP contribution in [0.3, 0.4) is 0 Å². The number of carbonyl (C=O) groups is 1. The maximum absolute atomic E-state index is 12.1. The van der Waals surface area contributed by atoms with Crippen molar-refractivity contribution in [2.75, 3.05) is 6.61 Å². The number of hydrogen-bond acceptors (Lipinski definition) is 5. The number of rotatable bonds is 7. The average molecular weight is 358 g/mol. The zero-order valence-electron chi connectivity index (χ0n) is 12.3. The normalized spacial score (nSPS) is 12.8. The minimum Gasteiger partial charge on any atom is -0.463 e. The molecule has 1 atom stereocenters. The molecule has 0 fully saturated rings. The summed E-state index contributed by atoms with van der Waals surface area (Å²) in [5.41, 5.74) is 0. The molecule has 0 bridgehead atoms. The Kier molecular flexibility index (Phi) is 5.75. The van der Waals surface area contributed by atoms with Crippen LogP contribution in [-0.4, -0.2) is 36.8 Å². The van der Waals surface area contributed by atoms with E-state index in [-0.39, 0.29) is 11.5 Å². The summed E-state index contributed by atoms with van der Waals surface area (Å²) in [7, 11) is -3.82. The van der Waals surface area contributed by atoms with Crippen molar-refractivity contribution in [2.24, 2.45) is 0 Å². The first-order chi connectivity index (χ1) is 10.9. The number of aromatic nitrogens is 2. The van der Waals surface area contributed by atoms with E-state index in [9.17, 15) is 13.2 Å². The molecule has 1 heterocycles. The van der Waals surface area contributed by atoms with E-state index in [0.29, 0.717) is 11.6 Å². The summed E-state index contributed by atoms with van der Waals surface area (Å²) in [6.45, 7) is 1.92. The first-order valence-corrected chi connectivity index (χ1v) is 8.66. The van der Waals surface area contributed by atoms with Gasteiger partial charge < -0.3 is 4.74 Å². The van der Waals surface area contributed by atoms with Gasteiger partial charge in [-0.3, -0.25) is 9.48 Å². The first-order valence-electron chi connectivity index (χ1n) is 6.80. The molecule has 124 valence electrons. The van der Waals surface area contributed by atoms with Gasteiger partial charge in [0.2, 0.25) is 10.0 Å². The number of carbonyl (C=O) groups excluding carboxylic acids is 1. The van der Waals surface area contributed by atoms with Crippen LogP contribution in [0.5, 0.6) is 0 Å². The van der Waals surface area contributed by atoms with Gasteiger partial charge in [0, 0.05) is 17.4 Å². The van der Waals surface area contributed by atoms with Crippen molar-refractivity contribution in [2.45, 2.75) is 24.4 Å². The Morgan fingerprint density at radius 2 is 2.09 bits per heavy atom. The van der Waals surface area contributed by atoms with E-state index in [1.807, 2.05) is 0 Å². The summed E-state index contributed by atoms with van der Waals surface area (Å²) in [4.78, 5) is 11.9. The smallest absolute Gasteiger partial charge is 0.323 e. The lowest BCUT2D eigenvalue weighted by Crippen LogP contribution is -2.39. The highest BCUT2D eigenvalue weighted by atomic mass is 35.5. The van der Waals surface area contributed by atoms with E-state index in [0.717, 1.165) is 0 Å². The number of esters is 1. The molecule has 1 N–H and O–H groups in total. The van der Waals surface area contributed by atoms with Crippen molar-refractivity contribution in [1.29, 1.82) is 0 Å². The van der Waals surface area contributed by atoms with Crippen molar-refractivity contribution in [3.8, 4) is 0 Å². The van der Waals surface area contributed by atoms with Gasteiger partial charge in [-0.25, -0.2) is 8.42 Å². The highest BCUT2D eigenvalue weighted by Gasteiger charge is 2.23.